The Kier molecular flexibility index (Phi) is 2.48. The quantitative estimate of drug-likeness (QED) is 0.701. The molecule has 1 aromatic rings. The third kappa shape index (κ3) is 1.87. The molecule has 0 amide bonds. The summed E-state index contributed by atoms with van der Waals surface area (Å²) in [5, 5.41) is 0.328. The number of aromatic nitrogens is 2. The molecule has 5 heteroatoms. The summed E-state index contributed by atoms with van der Waals surface area (Å²) in [6.45, 7) is 3.78. The fourth-order valence-corrected chi connectivity index (χ4v) is 2.70. The van der Waals surface area contributed by atoms with Gasteiger partial charge in [-0.3, -0.25) is 0 Å². The maximum absolute atomic E-state index is 5.88. The van der Waals surface area contributed by atoms with Gasteiger partial charge in [-0.1, -0.05) is 0 Å². The minimum absolute atomic E-state index is 0.328. The molecule has 2 unspecified atom stereocenters. The summed E-state index contributed by atoms with van der Waals surface area (Å²) >= 11 is 5.88. The molecule has 3 rings (SSSR count). The predicted molar refractivity (Wildman–Crippen MR) is 61.9 cm³/mol. The van der Waals surface area contributed by atoms with E-state index >= 15 is 0 Å². The molecule has 4 nitrogen and oxygen atoms in total. The van der Waals surface area contributed by atoms with Crippen LogP contribution in [0.3, 0.4) is 0 Å². The molecule has 86 valence electrons. The molecule has 16 heavy (non-hydrogen) atoms. The van der Waals surface area contributed by atoms with Crippen molar-refractivity contribution in [1.29, 1.82) is 0 Å². The number of hydrogen-bond acceptors (Lipinski definition) is 4. The summed E-state index contributed by atoms with van der Waals surface area (Å²) in [7, 11) is 0. The van der Waals surface area contributed by atoms with Crippen LogP contribution < -0.4 is 4.90 Å². The first-order valence-corrected chi connectivity index (χ1v) is 6.00. The van der Waals surface area contributed by atoms with Gasteiger partial charge in [-0.25, -0.2) is 9.97 Å². The van der Waals surface area contributed by atoms with Crippen LogP contribution in [0.15, 0.2) is 6.07 Å². The van der Waals surface area contributed by atoms with Crippen molar-refractivity contribution in [1.82, 2.24) is 9.97 Å². The van der Waals surface area contributed by atoms with Crippen molar-refractivity contribution in [2.45, 2.75) is 32.0 Å². The second-order valence-corrected chi connectivity index (χ2v) is 4.84. The lowest BCUT2D eigenvalue weighted by Gasteiger charge is -2.33. The van der Waals surface area contributed by atoms with E-state index in [1.54, 1.807) is 0 Å². The minimum Gasteiger partial charge on any atom is -0.371 e. The van der Waals surface area contributed by atoms with E-state index < -0.39 is 0 Å². The molecule has 0 aromatic carbocycles. The van der Waals surface area contributed by atoms with Crippen LogP contribution in [0.4, 0.5) is 5.82 Å². The highest BCUT2D eigenvalue weighted by molar-refractivity contribution is 6.28. The van der Waals surface area contributed by atoms with Crippen molar-refractivity contribution >= 4 is 17.4 Å². The Morgan fingerprint density at radius 3 is 2.62 bits per heavy atom. The van der Waals surface area contributed by atoms with E-state index in [0.29, 0.717) is 17.5 Å². The van der Waals surface area contributed by atoms with E-state index in [4.69, 9.17) is 16.3 Å². The first-order valence-electron chi connectivity index (χ1n) is 5.62. The second-order valence-electron chi connectivity index (χ2n) is 4.50. The number of halogens is 1. The standard InChI is InChI=1S/C11H14ClN3O/c1-7-4-10(14-11(12)13-7)15-5-8-2-3-9(6-15)16-8/h4,8-9H,2-3,5-6H2,1H3. The number of hydrogen-bond donors (Lipinski definition) is 0. The molecule has 2 saturated heterocycles. The van der Waals surface area contributed by atoms with Crippen molar-refractivity contribution in [2.24, 2.45) is 0 Å². The third-order valence-electron chi connectivity index (χ3n) is 3.18. The molecule has 2 fully saturated rings. The van der Waals surface area contributed by atoms with Crippen LogP contribution in [0.1, 0.15) is 18.5 Å². The number of nitrogens with zero attached hydrogens (tertiary/aromatic N) is 3. The fraction of sp³-hybridized carbons (Fsp3) is 0.636. The largest absolute Gasteiger partial charge is 0.371 e. The Morgan fingerprint density at radius 1 is 1.31 bits per heavy atom. The molecule has 0 N–H and O–H groups in total. The van der Waals surface area contributed by atoms with Gasteiger partial charge in [0.05, 0.1) is 12.2 Å². The summed E-state index contributed by atoms with van der Waals surface area (Å²) in [6.07, 6.45) is 3.07. The third-order valence-corrected chi connectivity index (χ3v) is 3.35. The smallest absolute Gasteiger partial charge is 0.224 e. The maximum atomic E-state index is 5.88. The molecule has 2 aliphatic rings. The lowest BCUT2D eigenvalue weighted by molar-refractivity contribution is 0.0302. The van der Waals surface area contributed by atoms with Crippen molar-refractivity contribution in [2.75, 3.05) is 18.0 Å². The van der Waals surface area contributed by atoms with Gasteiger partial charge in [0.15, 0.2) is 0 Å². The van der Waals surface area contributed by atoms with Gasteiger partial charge in [0.1, 0.15) is 5.82 Å². The number of aryl methyl sites for hydroxylation is 1. The molecule has 2 atom stereocenters. The van der Waals surface area contributed by atoms with Gasteiger partial charge < -0.3 is 9.64 Å². The fourth-order valence-electron chi connectivity index (χ4n) is 2.48. The van der Waals surface area contributed by atoms with E-state index in [0.717, 1.165) is 24.6 Å². The van der Waals surface area contributed by atoms with Gasteiger partial charge in [0.2, 0.25) is 5.28 Å². The summed E-state index contributed by atoms with van der Waals surface area (Å²) in [4.78, 5) is 10.6. The maximum Gasteiger partial charge on any atom is 0.224 e. The van der Waals surface area contributed by atoms with E-state index in [2.05, 4.69) is 14.9 Å². The van der Waals surface area contributed by atoms with Crippen LogP contribution in [0.25, 0.3) is 0 Å². The normalized spacial score (nSPS) is 28.5. The van der Waals surface area contributed by atoms with Crippen LogP contribution in [0.5, 0.6) is 0 Å². The van der Waals surface area contributed by atoms with Crippen molar-refractivity contribution in [3.05, 3.63) is 17.0 Å². The molecular formula is C11H14ClN3O. The van der Waals surface area contributed by atoms with Gasteiger partial charge in [-0.2, -0.15) is 0 Å². The number of ether oxygens (including phenoxy) is 1. The second kappa shape index (κ2) is 3.86. The Hall–Kier alpha value is -0.870. The van der Waals surface area contributed by atoms with Gasteiger partial charge in [0, 0.05) is 24.8 Å². The molecular weight excluding hydrogens is 226 g/mol. The molecule has 2 aliphatic heterocycles. The predicted octanol–water partition coefficient (Wildman–Crippen LogP) is 1.81. The molecule has 0 saturated carbocycles. The molecule has 2 bridgehead atoms. The van der Waals surface area contributed by atoms with E-state index in [1.807, 2.05) is 13.0 Å². The molecule has 0 spiro atoms. The van der Waals surface area contributed by atoms with Crippen LogP contribution >= 0.6 is 11.6 Å². The van der Waals surface area contributed by atoms with Crippen molar-refractivity contribution < 1.29 is 4.74 Å². The highest BCUT2D eigenvalue weighted by Crippen LogP contribution is 2.29. The highest BCUT2D eigenvalue weighted by atomic mass is 35.5. The topological polar surface area (TPSA) is 38.2 Å². The molecule has 0 aliphatic carbocycles. The Labute approximate surface area is 99.6 Å². The highest BCUT2D eigenvalue weighted by Gasteiger charge is 2.34. The zero-order chi connectivity index (χ0) is 11.1. The molecule has 1 aromatic heterocycles. The van der Waals surface area contributed by atoms with Crippen LogP contribution in [0.2, 0.25) is 5.28 Å². The SMILES string of the molecule is Cc1cc(N2CC3CCC(C2)O3)nc(Cl)n1. The number of anilines is 1. The van der Waals surface area contributed by atoms with E-state index in [-0.39, 0.29) is 0 Å². The minimum atomic E-state index is 0.328. The van der Waals surface area contributed by atoms with Gasteiger partial charge in [-0.15, -0.1) is 0 Å². The van der Waals surface area contributed by atoms with Crippen molar-refractivity contribution in [3.8, 4) is 0 Å². The van der Waals surface area contributed by atoms with Crippen LogP contribution in [-0.4, -0.2) is 35.3 Å². The lowest BCUT2D eigenvalue weighted by atomic mass is 10.2. The average Bonchev–Trinajstić information content (AvgIpc) is 2.56. The Balaban J connectivity index is 1.86. The first kappa shape index (κ1) is 10.3. The van der Waals surface area contributed by atoms with Gasteiger partial charge >= 0.3 is 0 Å². The summed E-state index contributed by atoms with van der Waals surface area (Å²) < 4.78 is 5.79. The number of rotatable bonds is 1. The first-order chi connectivity index (χ1) is 7.70. The summed E-state index contributed by atoms with van der Waals surface area (Å²) in [5.74, 6) is 0.928. The van der Waals surface area contributed by atoms with Gasteiger partial charge in [0.25, 0.3) is 0 Å². The van der Waals surface area contributed by atoms with Crippen molar-refractivity contribution in [3.63, 3.8) is 0 Å². The summed E-state index contributed by atoms with van der Waals surface area (Å²) in [5.41, 5.74) is 0.911. The Morgan fingerprint density at radius 2 is 2.00 bits per heavy atom. The zero-order valence-electron chi connectivity index (χ0n) is 9.19. The zero-order valence-corrected chi connectivity index (χ0v) is 9.94. The number of morpholine rings is 1. The Bertz CT molecular complexity index is 380. The number of fused-ring (bicyclic) bond motifs is 2. The monoisotopic (exact) mass is 239 g/mol. The average molecular weight is 240 g/mol. The molecule has 0 radical (unpaired) electrons. The van der Waals surface area contributed by atoms with Gasteiger partial charge in [-0.05, 0) is 31.4 Å². The van der Waals surface area contributed by atoms with E-state index in [9.17, 15) is 0 Å². The molecule has 3 heterocycles. The van der Waals surface area contributed by atoms with E-state index in [1.165, 1.54) is 12.8 Å². The lowest BCUT2D eigenvalue weighted by Crippen LogP contribution is -2.43. The van der Waals surface area contributed by atoms with Crippen LogP contribution in [0, 0.1) is 6.92 Å². The van der Waals surface area contributed by atoms with Crippen LogP contribution in [-0.2, 0) is 4.74 Å². The summed E-state index contributed by atoms with van der Waals surface area (Å²) in [6, 6.07) is 1.98.